The van der Waals surface area contributed by atoms with Crippen molar-refractivity contribution >= 4 is 33.3 Å². The largest absolute Gasteiger partial charge is 0.507 e. The summed E-state index contributed by atoms with van der Waals surface area (Å²) in [7, 11) is -2.64. The zero-order valence-corrected chi connectivity index (χ0v) is 27.0. The van der Waals surface area contributed by atoms with Crippen LogP contribution in [0.1, 0.15) is 51.4 Å². The van der Waals surface area contributed by atoms with Crippen molar-refractivity contribution in [1.29, 1.82) is 5.26 Å². The summed E-state index contributed by atoms with van der Waals surface area (Å²) in [5.74, 6) is -2.01. The van der Waals surface area contributed by atoms with Crippen molar-refractivity contribution in [3.05, 3.63) is 119 Å². The van der Waals surface area contributed by atoms with Crippen molar-refractivity contribution in [3.8, 4) is 11.8 Å². The van der Waals surface area contributed by atoms with Crippen LogP contribution >= 0.6 is 0 Å². The summed E-state index contributed by atoms with van der Waals surface area (Å²) in [5, 5.41) is 28.8. The van der Waals surface area contributed by atoms with Gasteiger partial charge in [-0.1, -0.05) is 42.0 Å². The highest BCUT2D eigenvalue weighted by atomic mass is 32.2. The summed E-state index contributed by atoms with van der Waals surface area (Å²) in [6, 6.07) is 27.9. The second-order valence-corrected chi connectivity index (χ2v) is 13.8. The fourth-order valence-corrected chi connectivity index (χ4v) is 6.86. The Kier molecular flexibility index (Phi) is 9.94. The number of carbonyl (C=O) groups is 2. The minimum Gasteiger partial charge on any atom is -0.507 e. The van der Waals surface area contributed by atoms with Crippen molar-refractivity contribution in [2.24, 2.45) is 0 Å². The molecule has 242 valence electrons. The van der Waals surface area contributed by atoms with E-state index in [1.54, 1.807) is 12.1 Å². The summed E-state index contributed by atoms with van der Waals surface area (Å²) in [6.07, 6.45) is 1.92. The molecule has 1 aliphatic rings. The van der Waals surface area contributed by atoms with Crippen LogP contribution in [0.4, 0.5) is 11.4 Å². The van der Waals surface area contributed by atoms with E-state index < -0.39 is 34.2 Å². The third-order valence-electron chi connectivity index (χ3n) is 8.56. The molecule has 1 heterocycles. The Morgan fingerprint density at radius 1 is 0.936 bits per heavy atom. The molecule has 0 atom stereocenters. The monoisotopic (exact) mass is 652 g/mol. The number of nitrogens with zero attached hydrogens (tertiary/aromatic N) is 4. The molecule has 47 heavy (non-hydrogen) atoms. The Morgan fingerprint density at radius 2 is 1.57 bits per heavy atom. The second-order valence-electron chi connectivity index (χ2n) is 11.7. The highest BCUT2D eigenvalue weighted by molar-refractivity contribution is 7.89. The highest BCUT2D eigenvalue weighted by Gasteiger charge is 2.27. The average Bonchev–Trinajstić information content (AvgIpc) is 3.07. The first-order valence-electron chi connectivity index (χ1n) is 15.2. The lowest BCUT2D eigenvalue weighted by atomic mass is 9.88. The zero-order chi connectivity index (χ0) is 33.7. The Bertz CT molecular complexity index is 1900. The van der Waals surface area contributed by atoms with Crippen LogP contribution < -0.4 is 9.80 Å². The number of piperidine rings is 1. The van der Waals surface area contributed by atoms with Crippen molar-refractivity contribution in [3.63, 3.8) is 0 Å². The minimum absolute atomic E-state index is 0.0618. The third kappa shape index (κ3) is 7.62. The number of hydrogen-bond donors (Lipinski definition) is 2. The van der Waals surface area contributed by atoms with Crippen LogP contribution in [0.3, 0.4) is 0 Å². The van der Waals surface area contributed by atoms with Gasteiger partial charge in [0.1, 0.15) is 11.3 Å². The number of benzene rings is 4. The molecule has 1 aliphatic heterocycles. The van der Waals surface area contributed by atoms with Crippen LogP contribution in [0.5, 0.6) is 5.75 Å². The molecule has 0 bridgehead atoms. The normalized spacial score (nSPS) is 13.7. The van der Waals surface area contributed by atoms with Gasteiger partial charge in [0.15, 0.2) is 0 Å². The molecular weight excluding hydrogens is 616 g/mol. The molecule has 1 amide bonds. The fraction of sp³-hybridized carbons (Fsp3) is 0.250. The predicted molar refractivity (Wildman–Crippen MR) is 179 cm³/mol. The first kappa shape index (κ1) is 33.2. The summed E-state index contributed by atoms with van der Waals surface area (Å²) in [4.78, 5) is 28.9. The maximum absolute atomic E-state index is 13.7. The number of anilines is 2. The first-order chi connectivity index (χ1) is 22.5. The number of nitriles is 1. The number of sulfonamides is 1. The lowest BCUT2D eigenvalue weighted by Crippen LogP contribution is -2.41. The van der Waals surface area contributed by atoms with Crippen molar-refractivity contribution in [2.45, 2.75) is 37.1 Å². The van der Waals surface area contributed by atoms with E-state index >= 15 is 0 Å². The van der Waals surface area contributed by atoms with E-state index in [2.05, 4.69) is 11.0 Å². The highest BCUT2D eigenvalue weighted by Crippen LogP contribution is 2.32. The van der Waals surface area contributed by atoms with E-state index in [9.17, 15) is 28.2 Å². The first-order valence-corrected chi connectivity index (χ1v) is 16.6. The SMILES string of the molecule is Cc1ccc(S(=O)(=O)N(C)CC(=O)N(Cc2ccc(C3CCN(c4ccc(C#N)cc4)CC3)cc2)c2ccc(C(=O)O)c(O)c2)cc1. The number of carboxylic acids is 1. The number of aromatic hydroxyl groups is 1. The maximum atomic E-state index is 13.7. The molecule has 4 aromatic carbocycles. The molecule has 0 spiro atoms. The summed E-state index contributed by atoms with van der Waals surface area (Å²) < 4.78 is 27.4. The van der Waals surface area contributed by atoms with Crippen molar-refractivity contribution in [2.75, 3.05) is 36.5 Å². The van der Waals surface area contributed by atoms with Crippen LogP contribution in [-0.2, 0) is 21.4 Å². The van der Waals surface area contributed by atoms with E-state index in [1.165, 1.54) is 47.8 Å². The summed E-state index contributed by atoms with van der Waals surface area (Å²) in [5.41, 5.74) is 4.52. The van der Waals surface area contributed by atoms with Crippen LogP contribution in [0, 0.1) is 18.3 Å². The van der Waals surface area contributed by atoms with Crippen LogP contribution in [0.2, 0.25) is 0 Å². The number of carboxylic acid groups (broad SMARTS) is 1. The Morgan fingerprint density at radius 3 is 2.15 bits per heavy atom. The number of hydrogen-bond acceptors (Lipinski definition) is 7. The lowest BCUT2D eigenvalue weighted by molar-refractivity contribution is -0.118. The molecule has 0 unspecified atom stereocenters. The lowest BCUT2D eigenvalue weighted by Gasteiger charge is -2.34. The van der Waals surface area contributed by atoms with Gasteiger partial charge in [-0.15, -0.1) is 0 Å². The van der Waals surface area contributed by atoms with Gasteiger partial charge in [-0.2, -0.15) is 9.57 Å². The van der Waals surface area contributed by atoms with Gasteiger partial charge in [0.05, 0.1) is 29.6 Å². The molecule has 0 aromatic heterocycles. The average molecular weight is 653 g/mol. The number of phenols is 1. The molecule has 11 heteroatoms. The van der Waals surface area contributed by atoms with Gasteiger partial charge in [0.2, 0.25) is 15.9 Å². The Hall–Kier alpha value is -5.18. The number of aryl methyl sites for hydroxylation is 1. The molecule has 4 aromatic rings. The number of amides is 1. The molecule has 5 rings (SSSR count). The smallest absolute Gasteiger partial charge is 0.339 e. The van der Waals surface area contributed by atoms with Gasteiger partial charge in [-0.3, -0.25) is 4.79 Å². The fourth-order valence-electron chi connectivity index (χ4n) is 5.74. The standard InChI is InChI=1S/C36H36N4O6S/c1-25-3-14-32(15-4-25)47(45,46)38(2)24-35(42)40(31-13-16-33(36(43)44)34(41)21-31)23-27-5-9-28(10-6-27)29-17-19-39(20-18-29)30-11-7-26(22-37)8-12-30/h3-16,21,29,41H,17-20,23-24H2,1-2H3,(H,43,44). The van der Waals surface area contributed by atoms with Crippen LogP contribution in [0.15, 0.2) is 95.9 Å². The van der Waals surface area contributed by atoms with Gasteiger partial charge < -0.3 is 20.0 Å². The summed E-state index contributed by atoms with van der Waals surface area (Å²) in [6.45, 7) is 3.21. The molecule has 2 N–H and O–H groups in total. The van der Waals surface area contributed by atoms with Crippen LogP contribution in [-0.4, -0.2) is 61.5 Å². The number of carbonyl (C=O) groups excluding carboxylic acids is 1. The molecule has 0 saturated carbocycles. The van der Waals surface area contributed by atoms with Crippen LogP contribution in [0.25, 0.3) is 0 Å². The van der Waals surface area contributed by atoms with Gasteiger partial charge >= 0.3 is 5.97 Å². The van der Waals surface area contributed by atoms with Gasteiger partial charge in [-0.05, 0) is 85.3 Å². The number of rotatable bonds is 10. The zero-order valence-electron chi connectivity index (χ0n) is 26.2. The number of likely N-dealkylation sites (N-methyl/N-ethyl adjacent to an activating group) is 1. The number of aromatic carboxylic acids is 1. The third-order valence-corrected chi connectivity index (χ3v) is 10.4. The van der Waals surface area contributed by atoms with Crippen molar-refractivity contribution < 1.29 is 28.2 Å². The maximum Gasteiger partial charge on any atom is 0.339 e. The van der Waals surface area contributed by atoms with E-state index in [4.69, 9.17) is 5.26 Å². The van der Waals surface area contributed by atoms with Gasteiger partial charge in [0, 0.05) is 37.6 Å². The van der Waals surface area contributed by atoms with E-state index in [-0.39, 0.29) is 22.7 Å². The minimum atomic E-state index is -3.97. The van der Waals surface area contributed by atoms with Gasteiger partial charge in [-0.25, -0.2) is 13.2 Å². The Labute approximate surface area is 274 Å². The Balaban J connectivity index is 1.32. The molecule has 10 nitrogen and oxygen atoms in total. The molecule has 0 aliphatic carbocycles. The summed E-state index contributed by atoms with van der Waals surface area (Å²) >= 11 is 0. The molecule has 0 radical (unpaired) electrons. The van der Waals surface area contributed by atoms with E-state index in [0.29, 0.717) is 11.5 Å². The second kappa shape index (κ2) is 14.1. The molecule has 1 saturated heterocycles. The van der Waals surface area contributed by atoms with Gasteiger partial charge in [0.25, 0.3) is 0 Å². The van der Waals surface area contributed by atoms with E-state index in [1.807, 2.05) is 55.5 Å². The molecule has 1 fully saturated rings. The quantitative estimate of drug-likeness (QED) is 0.229. The molecular formula is C36H36N4O6S. The topological polar surface area (TPSA) is 142 Å². The van der Waals surface area contributed by atoms with Crippen molar-refractivity contribution in [1.82, 2.24) is 4.31 Å². The predicted octanol–water partition coefficient (Wildman–Crippen LogP) is 5.51. The van der Waals surface area contributed by atoms with E-state index in [0.717, 1.165) is 47.1 Å².